The highest BCUT2D eigenvalue weighted by Crippen LogP contribution is 2.50. The van der Waals surface area contributed by atoms with Crippen LogP contribution in [-0.2, 0) is 0 Å². The molecule has 66 heavy (non-hydrogen) atoms. The van der Waals surface area contributed by atoms with E-state index < -0.39 is 12.2 Å². The SMILES string of the molecule is CCC1CN2CCC1CC2[C@H](Oc1nc(-c2ccccc2)nc(O[C@H](c2ccnc3ccc(OC)cc23)C2CC3CCN2CC3CC)c1-c1ccccc1)c1ccnc2ccc(OC)cc12. The van der Waals surface area contributed by atoms with E-state index in [0.717, 1.165) is 100 Å². The fourth-order valence-electron chi connectivity index (χ4n) is 12.1. The van der Waals surface area contributed by atoms with Gasteiger partial charge in [0, 0.05) is 52.9 Å². The van der Waals surface area contributed by atoms with Crippen LogP contribution in [0.4, 0.5) is 0 Å². The Kier molecular flexibility index (Phi) is 11.8. The van der Waals surface area contributed by atoms with Crippen molar-refractivity contribution >= 4 is 21.8 Å². The van der Waals surface area contributed by atoms with Crippen molar-refractivity contribution in [3.05, 3.63) is 133 Å². The predicted molar refractivity (Wildman–Crippen MR) is 260 cm³/mol. The van der Waals surface area contributed by atoms with Crippen LogP contribution < -0.4 is 18.9 Å². The van der Waals surface area contributed by atoms with Crippen LogP contribution in [0.3, 0.4) is 0 Å². The van der Waals surface area contributed by atoms with E-state index in [0.29, 0.717) is 41.3 Å². The maximum atomic E-state index is 7.76. The summed E-state index contributed by atoms with van der Waals surface area (Å²) in [4.78, 5) is 26.0. The molecule has 0 aliphatic carbocycles. The van der Waals surface area contributed by atoms with Crippen LogP contribution in [0.1, 0.15) is 75.7 Å². The van der Waals surface area contributed by atoms with Gasteiger partial charge in [-0.1, -0.05) is 87.4 Å². The van der Waals surface area contributed by atoms with Crippen LogP contribution in [0, 0.1) is 23.7 Å². The van der Waals surface area contributed by atoms with Crippen molar-refractivity contribution in [3.63, 3.8) is 0 Å². The van der Waals surface area contributed by atoms with Crippen molar-refractivity contribution < 1.29 is 18.9 Å². The third-order valence-electron chi connectivity index (χ3n) is 15.6. The van der Waals surface area contributed by atoms with E-state index in [9.17, 15) is 0 Å². The Bertz CT molecular complexity index is 2680. The number of hydrogen-bond donors (Lipinski definition) is 0. The zero-order chi connectivity index (χ0) is 44.7. The van der Waals surface area contributed by atoms with Gasteiger partial charge in [-0.3, -0.25) is 19.8 Å². The summed E-state index contributed by atoms with van der Waals surface area (Å²) in [6.07, 6.45) is 9.90. The summed E-state index contributed by atoms with van der Waals surface area (Å²) >= 11 is 0. The Hall–Kier alpha value is -6.10. The lowest BCUT2D eigenvalue weighted by Crippen LogP contribution is -2.56. The van der Waals surface area contributed by atoms with Crippen LogP contribution in [0.5, 0.6) is 23.3 Å². The van der Waals surface area contributed by atoms with E-state index in [1.54, 1.807) is 14.2 Å². The highest BCUT2D eigenvalue weighted by Gasteiger charge is 2.47. The number of pyridine rings is 2. The topological polar surface area (TPSA) is 95.0 Å². The first-order chi connectivity index (χ1) is 32.5. The van der Waals surface area contributed by atoms with E-state index in [1.807, 2.05) is 54.9 Å². The van der Waals surface area contributed by atoms with Gasteiger partial charge in [0.15, 0.2) is 5.82 Å². The number of nitrogens with zero attached hydrogens (tertiary/aromatic N) is 6. The second kappa shape index (κ2) is 18.3. The smallest absolute Gasteiger partial charge is 0.229 e. The zero-order valence-electron chi connectivity index (χ0n) is 38.6. The lowest BCUT2D eigenvalue weighted by Gasteiger charge is -2.52. The monoisotopic (exact) mass is 880 g/mol. The average molecular weight is 881 g/mol. The molecule has 0 N–H and O–H groups in total. The molecule has 6 fully saturated rings. The van der Waals surface area contributed by atoms with Crippen molar-refractivity contribution in [2.75, 3.05) is 40.4 Å². The molecule has 338 valence electrons. The molecule has 0 spiro atoms. The molecule has 6 aliphatic heterocycles. The number of benzene rings is 4. The molecule has 10 atom stereocenters. The van der Waals surface area contributed by atoms with Crippen LogP contribution in [0.25, 0.3) is 44.3 Å². The second-order valence-corrected chi connectivity index (χ2v) is 18.9. The molecule has 4 aromatic carbocycles. The van der Waals surface area contributed by atoms with Crippen LogP contribution >= 0.6 is 0 Å². The summed E-state index contributed by atoms with van der Waals surface area (Å²) in [7, 11) is 3.44. The van der Waals surface area contributed by atoms with Gasteiger partial charge in [0.2, 0.25) is 11.8 Å². The second-order valence-electron chi connectivity index (χ2n) is 18.9. The lowest BCUT2D eigenvalue weighted by atomic mass is 9.72. The quantitative estimate of drug-likeness (QED) is 0.105. The van der Waals surface area contributed by atoms with Crippen LogP contribution in [-0.4, -0.2) is 82.2 Å². The molecule has 10 nitrogen and oxygen atoms in total. The van der Waals surface area contributed by atoms with Crippen LogP contribution in [0.2, 0.25) is 0 Å². The molecule has 0 saturated carbocycles. The average Bonchev–Trinajstić information content (AvgIpc) is 3.39. The lowest BCUT2D eigenvalue weighted by molar-refractivity contribution is -0.0510. The van der Waals surface area contributed by atoms with Gasteiger partial charge in [-0.25, -0.2) is 0 Å². The Morgan fingerprint density at radius 1 is 0.576 bits per heavy atom. The van der Waals surface area contributed by atoms with Crippen molar-refractivity contribution in [1.29, 1.82) is 0 Å². The number of methoxy groups -OCH3 is 2. The molecule has 6 aliphatic rings. The number of aromatic nitrogens is 4. The molecular weight excluding hydrogens is 821 g/mol. The van der Waals surface area contributed by atoms with Gasteiger partial charge in [0.25, 0.3) is 0 Å². The number of piperidine rings is 6. The Labute approximate surface area is 388 Å². The largest absolute Gasteiger partial charge is 0.497 e. The molecule has 13 rings (SSSR count). The third-order valence-corrected chi connectivity index (χ3v) is 15.6. The summed E-state index contributed by atoms with van der Waals surface area (Å²) in [5.41, 5.74) is 6.48. The summed E-state index contributed by atoms with van der Waals surface area (Å²) < 4.78 is 27.2. The van der Waals surface area contributed by atoms with Gasteiger partial charge in [-0.15, -0.1) is 0 Å². The summed E-state index contributed by atoms with van der Waals surface area (Å²) in [6.45, 7) is 8.88. The Morgan fingerprint density at radius 2 is 1.05 bits per heavy atom. The van der Waals surface area contributed by atoms with Gasteiger partial charge in [0.1, 0.15) is 29.3 Å². The molecular formula is C56H60N6O4. The number of fused-ring (bicyclic) bond motifs is 8. The molecule has 7 aromatic rings. The summed E-state index contributed by atoms with van der Waals surface area (Å²) in [5.74, 6) is 5.70. The predicted octanol–water partition coefficient (Wildman–Crippen LogP) is 11.4. The fraction of sp³-hybridized carbons (Fsp3) is 0.393. The Balaban J connectivity index is 1.13. The molecule has 9 heterocycles. The molecule has 8 unspecified atom stereocenters. The summed E-state index contributed by atoms with van der Waals surface area (Å²) in [6, 6.07) is 37.4. The zero-order valence-corrected chi connectivity index (χ0v) is 38.6. The highest BCUT2D eigenvalue weighted by molar-refractivity contribution is 5.85. The van der Waals surface area contributed by atoms with E-state index in [2.05, 4.69) is 90.4 Å². The maximum Gasteiger partial charge on any atom is 0.229 e. The van der Waals surface area contributed by atoms with Crippen molar-refractivity contribution in [3.8, 4) is 45.8 Å². The van der Waals surface area contributed by atoms with Gasteiger partial charge in [-0.05, 0) is 117 Å². The van der Waals surface area contributed by atoms with E-state index in [4.69, 9.17) is 38.9 Å². The number of hydrogen-bond acceptors (Lipinski definition) is 10. The fourth-order valence-corrected chi connectivity index (χ4v) is 12.1. The first-order valence-electron chi connectivity index (χ1n) is 24.2. The first kappa shape index (κ1) is 42.5. The van der Waals surface area contributed by atoms with E-state index in [-0.39, 0.29) is 12.1 Å². The highest BCUT2D eigenvalue weighted by atomic mass is 16.5. The van der Waals surface area contributed by atoms with Gasteiger partial charge in [-0.2, -0.15) is 9.97 Å². The first-order valence-corrected chi connectivity index (χ1v) is 24.2. The van der Waals surface area contributed by atoms with E-state index >= 15 is 0 Å². The normalized spacial score (nSPS) is 25.4. The van der Waals surface area contributed by atoms with E-state index in [1.165, 1.54) is 25.7 Å². The van der Waals surface area contributed by atoms with Crippen molar-refractivity contribution in [2.24, 2.45) is 23.7 Å². The minimum atomic E-state index is -0.393. The minimum absolute atomic E-state index is 0.106. The standard InChI is InChI=1S/C56H60N6O4/c1-5-35-33-61-27-23-39(35)29-49(61)52(43-21-25-57-47-19-17-41(63-3)31-45(43)47)65-55-51(37-13-9-7-10-14-37)56(60-54(59-55)38-15-11-8-12-16-38)66-53(50-30-40-24-28-62(50)34-36(40)6-2)44-22-26-58-48-20-18-42(64-4)32-46(44)48/h7-22,25-26,31-32,35-36,39-40,49-50,52-53H,5-6,23-24,27-30,33-34H2,1-4H3/t35?,36?,39?,40?,49?,50?,52-,53-/m1/s1. The molecule has 4 bridgehead atoms. The molecule has 0 radical (unpaired) electrons. The number of ether oxygens (including phenoxy) is 4. The minimum Gasteiger partial charge on any atom is -0.497 e. The van der Waals surface area contributed by atoms with Crippen molar-refractivity contribution in [2.45, 2.75) is 76.7 Å². The summed E-state index contributed by atoms with van der Waals surface area (Å²) in [5, 5.41) is 2.02. The molecule has 0 amide bonds. The molecule has 3 aromatic heterocycles. The number of rotatable bonds is 14. The van der Waals surface area contributed by atoms with Gasteiger partial charge in [0.05, 0.1) is 37.3 Å². The van der Waals surface area contributed by atoms with Crippen LogP contribution in [0.15, 0.2) is 122 Å². The molecule has 6 saturated heterocycles. The maximum absolute atomic E-state index is 7.76. The van der Waals surface area contributed by atoms with Gasteiger partial charge < -0.3 is 18.9 Å². The Morgan fingerprint density at radius 3 is 1.47 bits per heavy atom. The van der Waals surface area contributed by atoms with Crippen molar-refractivity contribution in [1.82, 2.24) is 29.7 Å². The van der Waals surface area contributed by atoms with Gasteiger partial charge >= 0.3 is 0 Å². The third kappa shape index (κ3) is 7.91. The molecule has 10 heteroatoms.